The molecule has 1 fully saturated rings. The van der Waals surface area contributed by atoms with Crippen molar-refractivity contribution in [2.24, 2.45) is 5.92 Å². The number of amides is 1. The molecule has 35 heavy (non-hydrogen) atoms. The van der Waals surface area contributed by atoms with Crippen LogP contribution in [0.4, 0.5) is 0 Å². The van der Waals surface area contributed by atoms with Crippen molar-refractivity contribution in [3.8, 4) is 23.0 Å². The lowest BCUT2D eigenvalue weighted by Crippen LogP contribution is -2.39. The van der Waals surface area contributed by atoms with Gasteiger partial charge in [0.1, 0.15) is 0 Å². The number of hydrogen-bond donors (Lipinski definition) is 1. The van der Waals surface area contributed by atoms with E-state index in [2.05, 4.69) is 58.7 Å². The van der Waals surface area contributed by atoms with Gasteiger partial charge in [0.2, 0.25) is 5.91 Å². The summed E-state index contributed by atoms with van der Waals surface area (Å²) in [5, 5.41) is 11.5. The fourth-order valence-corrected chi connectivity index (χ4v) is 4.41. The number of carbonyl (C=O) groups is 1. The van der Waals surface area contributed by atoms with Crippen molar-refractivity contribution in [2.45, 2.75) is 71.2 Å². The summed E-state index contributed by atoms with van der Waals surface area (Å²) in [6.07, 6.45) is 4.66. The van der Waals surface area contributed by atoms with E-state index in [1.165, 1.54) is 11.1 Å². The third-order valence-electron chi connectivity index (χ3n) is 6.44. The number of nitrogens with one attached hydrogen (secondary N) is 1. The lowest BCUT2D eigenvalue weighted by Gasteiger charge is -2.22. The Balaban J connectivity index is 1.31. The second kappa shape index (κ2) is 11.3. The monoisotopic (exact) mass is 470 g/mol. The molecule has 2 heterocycles. The van der Waals surface area contributed by atoms with Gasteiger partial charge >= 0.3 is 0 Å². The lowest BCUT2D eigenvalue weighted by atomic mass is 10.00. The van der Waals surface area contributed by atoms with Crippen molar-refractivity contribution in [1.29, 1.82) is 0 Å². The predicted molar refractivity (Wildman–Crippen MR) is 138 cm³/mol. The zero-order valence-corrected chi connectivity index (χ0v) is 20.9. The summed E-state index contributed by atoms with van der Waals surface area (Å²) in [6, 6.07) is 18.8. The average Bonchev–Trinajstić information content (AvgIpc) is 3.53. The van der Waals surface area contributed by atoms with Gasteiger partial charge in [0.15, 0.2) is 5.69 Å². The van der Waals surface area contributed by atoms with E-state index in [1.807, 2.05) is 62.0 Å². The Morgan fingerprint density at radius 1 is 1.03 bits per heavy atom. The molecule has 0 aliphatic carbocycles. The van der Waals surface area contributed by atoms with Crippen LogP contribution >= 0.6 is 0 Å². The molecule has 0 unspecified atom stereocenters. The second-order valence-corrected chi connectivity index (χ2v) is 9.69. The number of rotatable bonds is 7. The number of hydrogen-bond acceptors (Lipinski definition) is 4. The molecular formula is C29H34N4O2. The molecule has 1 aliphatic rings. The summed E-state index contributed by atoms with van der Waals surface area (Å²) in [5.74, 6) is 6.21. The predicted octanol–water partition coefficient (Wildman–Crippen LogP) is 5.00. The standard InChI is InChI=1S/C29H34N4O2/c1-20(2)30-29(34)22(4)28-17-16-27(35-28)18-21(3)33-19-26(31-32-33)15-12-23-10-13-25(14-11-23)24-8-6-5-7-9-24/h5-11,13-14,19-22,27-28H,16-18H2,1-4H3,(H,30,34)/t21-,22-,27+,28-/m1/s1. The van der Waals surface area contributed by atoms with Crippen LogP contribution in [-0.2, 0) is 9.53 Å². The highest BCUT2D eigenvalue weighted by Gasteiger charge is 2.34. The number of ether oxygens (including phenoxy) is 1. The van der Waals surface area contributed by atoms with Crippen molar-refractivity contribution >= 4 is 5.91 Å². The normalized spacial score (nSPS) is 19.1. The first-order valence-corrected chi connectivity index (χ1v) is 12.4. The van der Waals surface area contributed by atoms with Crippen LogP contribution in [0.2, 0.25) is 0 Å². The van der Waals surface area contributed by atoms with E-state index < -0.39 is 0 Å². The average molecular weight is 471 g/mol. The molecular weight excluding hydrogens is 436 g/mol. The van der Waals surface area contributed by atoms with E-state index >= 15 is 0 Å². The van der Waals surface area contributed by atoms with Gasteiger partial charge in [-0.2, -0.15) is 0 Å². The van der Waals surface area contributed by atoms with Crippen LogP contribution in [0.25, 0.3) is 11.1 Å². The molecule has 6 nitrogen and oxygen atoms in total. The first-order chi connectivity index (χ1) is 16.9. The molecule has 182 valence electrons. The van der Waals surface area contributed by atoms with E-state index in [1.54, 1.807) is 0 Å². The zero-order chi connectivity index (χ0) is 24.8. The fraction of sp³-hybridized carbons (Fsp3) is 0.414. The van der Waals surface area contributed by atoms with E-state index in [0.717, 1.165) is 24.8 Å². The minimum atomic E-state index is -0.146. The maximum Gasteiger partial charge on any atom is 0.225 e. The molecule has 2 aromatic carbocycles. The molecule has 0 spiro atoms. The first kappa shape index (κ1) is 24.7. The molecule has 0 bridgehead atoms. The highest BCUT2D eigenvalue weighted by Crippen LogP contribution is 2.30. The molecule has 0 radical (unpaired) electrons. The van der Waals surface area contributed by atoms with Gasteiger partial charge in [-0.25, -0.2) is 4.68 Å². The molecule has 4 atom stereocenters. The summed E-state index contributed by atoms with van der Waals surface area (Å²) >= 11 is 0. The van der Waals surface area contributed by atoms with Crippen LogP contribution in [0, 0.1) is 17.8 Å². The largest absolute Gasteiger partial charge is 0.374 e. The minimum absolute atomic E-state index is 0.0311. The Morgan fingerprint density at radius 2 is 1.74 bits per heavy atom. The van der Waals surface area contributed by atoms with E-state index in [4.69, 9.17) is 4.74 Å². The van der Waals surface area contributed by atoms with Crippen LogP contribution in [0.15, 0.2) is 60.8 Å². The van der Waals surface area contributed by atoms with Gasteiger partial charge in [-0.1, -0.05) is 60.5 Å². The minimum Gasteiger partial charge on any atom is -0.374 e. The van der Waals surface area contributed by atoms with Gasteiger partial charge in [-0.05, 0) is 69.2 Å². The number of aromatic nitrogens is 3. The molecule has 6 heteroatoms. The van der Waals surface area contributed by atoms with Crippen LogP contribution in [0.3, 0.4) is 0 Å². The van der Waals surface area contributed by atoms with E-state index in [-0.39, 0.29) is 36.1 Å². The smallest absolute Gasteiger partial charge is 0.225 e. The van der Waals surface area contributed by atoms with Gasteiger partial charge in [0, 0.05) is 11.6 Å². The maximum atomic E-state index is 12.3. The molecule has 0 saturated carbocycles. The Morgan fingerprint density at radius 3 is 2.46 bits per heavy atom. The van der Waals surface area contributed by atoms with Crippen LogP contribution < -0.4 is 5.32 Å². The maximum absolute atomic E-state index is 12.3. The molecule has 4 rings (SSSR count). The number of nitrogens with zero attached hydrogens (tertiary/aromatic N) is 3. The molecule has 1 saturated heterocycles. The Labute approximate surface area is 208 Å². The van der Waals surface area contributed by atoms with Crippen molar-refractivity contribution < 1.29 is 9.53 Å². The molecule has 1 amide bonds. The van der Waals surface area contributed by atoms with E-state index in [9.17, 15) is 4.79 Å². The summed E-state index contributed by atoms with van der Waals surface area (Å²) in [5.41, 5.74) is 3.94. The Kier molecular flexibility index (Phi) is 7.99. The second-order valence-electron chi connectivity index (χ2n) is 9.69. The third-order valence-corrected chi connectivity index (χ3v) is 6.44. The molecule has 1 N–H and O–H groups in total. The highest BCUT2D eigenvalue weighted by atomic mass is 16.5. The van der Waals surface area contributed by atoms with Crippen molar-refractivity contribution in [3.05, 3.63) is 72.1 Å². The van der Waals surface area contributed by atoms with Crippen molar-refractivity contribution in [2.75, 3.05) is 0 Å². The molecule has 1 aliphatic heterocycles. The highest BCUT2D eigenvalue weighted by molar-refractivity contribution is 5.79. The van der Waals surface area contributed by atoms with Crippen LogP contribution in [0.1, 0.15) is 64.3 Å². The number of benzene rings is 2. The lowest BCUT2D eigenvalue weighted by molar-refractivity contribution is -0.129. The Bertz CT molecular complexity index is 1170. The molecule has 1 aromatic heterocycles. The van der Waals surface area contributed by atoms with Gasteiger partial charge in [-0.3, -0.25) is 4.79 Å². The quantitative estimate of drug-likeness (QED) is 0.493. The van der Waals surface area contributed by atoms with Gasteiger partial charge in [-0.15, -0.1) is 5.10 Å². The van der Waals surface area contributed by atoms with Gasteiger partial charge in [0.25, 0.3) is 0 Å². The zero-order valence-electron chi connectivity index (χ0n) is 20.9. The Hall–Kier alpha value is -3.43. The van der Waals surface area contributed by atoms with Crippen molar-refractivity contribution in [1.82, 2.24) is 20.3 Å². The number of carbonyl (C=O) groups excluding carboxylic acids is 1. The summed E-state index contributed by atoms with van der Waals surface area (Å²) in [7, 11) is 0. The SMILES string of the molecule is CC(C)NC(=O)[C@H](C)[C@H]1CC[C@@H](C[C@@H](C)n2cc(C#Cc3ccc(-c4ccccc4)cc3)nn2)O1. The molecule has 3 aromatic rings. The summed E-state index contributed by atoms with van der Waals surface area (Å²) < 4.78 is 8.08. The van der Waals surface area contributed by atoms with E-state index in [0.29, 0.717) is 5.69 Å². The van der Waals surface area contributed by atoms with Crippen molar-refractivity contribution in [3.63, 3.8) is 0 Å². The van der Waals surface area contributed by atoms with Gasteiger partial charge in [0.05, 0.1) is 30.4 Å². The van der Waals surface area contributed by atoms with Crippen LogP contribution in [-0.4, -0.2) is 39.2 Å². The fourth-order valence-electron chi connectivity index (χ4n) is 4.41. The first-order valence-electron chi connectivity index (χ1n) is 12.4. The topological polar surface area (TPSA) is 69.0 Å². The third kappa shape index (κ3) is 6.58. The summed E-state index contributed by atoms with van der Waals surface area (Å²) in [4.78, 5) is 12.3. The van der Waals surface area contributed by atoms with Crippen LogP contribution in [0.5, 0.6) is 0 Å². The van der Waals surface area contributed by atoms with Gasteiger partial charge < -0.3 is 10.1 Å². The summed E-state index contributed by atoms with van der Waals surface area (Å²) in [6.45, 7) is 8.01.